The fourth-order valence-electron chi connectivity index (χ4n) is 3.80. The second kappa shape index (κ2) is 10.2. The molecule has 0 spiro atoms. The first kappa shape index (κ1) is 24.8. The minimum absolute atomic E-state index is 0.0257. The molecule has 0 radical (unpaired) electrons. The summed E-state index contributed by atoms with van der Waals surface area (Å²) in [7, 11) is 0.607. The molecule has 10 nitrogen and oxygen atoms in total. The van der Waals surface area contributed by atoms with Crippen molar-refractivity contribution in [2.45, 2.75) is 42.1 Å². The second-order valence-corrected chi connectivity index (χ2v) is 12.3. The molecule has 5 rings (SSSR count). The quantitative estimate of drug-likeness (QED) is 0.332. The summed E-state index contributed by atoms with van der Waals surface area (Å²) in [5, 5.41) is 7.01. The SMILES string of the molecule is CN(C)Cc1ccc2nc(NC(=O)/C(=N/O[C@@H]3CCOC3)c3ccc(S(=O)(=O)C4CC4)cc3)sc2n1. The van der Waals surface area contributed by atoms with Crippen molar-refractivity contribution in [3.8, 4) is 0 Å². The number of thiazole rings is 1. The van der Waals surface area contributed by atoms with Crippen LogP contribution in [0.5, 0.6) is 0 Å². The van der Waals surface area contributed by atoms with E-state index in [2.05, 4.69) is 20.4 Å². The van der Waals surface area contributed by atoms with Crippen LogP contribution in [0.1, 0.15) is 30.5 Å². The third-order valence-corrected chi connectivity index (χ3v) is 8.99. The largest absolute Gasteiger partial charge is 0.389 e. The van der Waals surface area contributed by atoms with Gasteiger partial charge in [-0.05, 0) is 51.2 Å². The Morgan fingerprint density at radius 2 is 1.94 bits per heavy atom. The van der Waals surface area contributed by atoms with Crippen molar-refractivity contribution in [2.24, 2.45) is 5.16 Å². The third kappa shape index (κ3) is 5.56. The molecule has 1 aliphatic carbocycles. The molecule has 2 aromatic heterocycles. The number of oxime groups is 1. The summed E-state index contributed by atoms with van der Waals surface area (Å²) in [6.07, 6.45) is 1.80. The molecule has 3 aromatic rings. The number of pyridine rings is 1. The van der Waals surface area contributed by atoms with Gasteiger partial charge in [0.05, 0.1) is 29.1 Å². The van der Waals surface area contributed by atoms with Crippen LogP contribution < -0.4 is 5.32 Å². The van der Waals surface area contributed by atoms with E-state index >= 15 is 0 Å². The lowest BCUT2D eigenvalue weighted by atomic mass is 10.1. The number of hydrogen-bond donors (Lipinski definition) is 1. The zero-order valence-electron chi connectivity index (χ0n) is 20.0. The zero-order valence-corrected chi connectivity index (χ0v) is 21.6. The van der Waals surface area contributed by atoms with Gasteiger partial charge in [0.1, 0.15) is 10.3 Å². The number of carbonyl (C=O) groups excluding carboxylic acids is 1. The Hall–Kier alpha value is -2.93. The maximum atomic E-state index is 13.3. The van der Waals surface area contributed by atoms with E-state index < -0.39 is 15.7 Å². The second-order valence-electron chi connectivity index (χ2n) is 9.14. The fraction of sp³-hybridized carbons (Fsp3) is 0.417. The number of benzene rings is 1. The van der Waals surface area contributed by atoms with Crippen molar-refractivity contribution in [3.05, 3.63) is 47.7 Å². The Balaban J connectivity index is 1.39. The van der Waals surface area contributed by atoms with E-state index in [1.54, 1.807) is 12.1 Å². The number of fused-ring (bicyclic) bond motifs is 1. The number of nitrogens with zero attached hydrogens (tertiary/aromatic N) is 4. The van der Waals surface area contributed by atoms with E-state index in [0.29, 0.717) is 55.2 Å². The highest BCUT2D eigenvalue weighted by Crippen LogP contribution is 2.33. The molecule has 1 atom stereocenters. The van der Waals surface area contributed by atoms with Gasteiger partial charge in [-0.3, -0.25) is 10.1 Å². The van der Waals surface area contributed by atoms with E-state index in [1.807, 2.05) is 31.1 Å². The van der Waals surface area contributed by atoms with Crippen LogP contribution in [0.3, 0.4) is 0 Å². The molecule has 1 saturated heterocycles. The summed E-state index contributed by atoms with van der Waals surface area (Å²) in [5.41, 5.74) is 2.06. The predicted octanol–water partition coefficient (Wildman–Crippen LogP) is 2.84. The van der Waals surface area contributed by atoms with Crippen molar-refractivity contribution in [1.82, 2.24) is 14.9 Å². The molecule has 0 unspecified atom stereocenters. The average Bonchev–Trinajstić information content (AvgIpc) is 3.45. The van der Waals surface area contributed by atoms with Gasteiger partial charge in [-0.15, -0.1) is 0 Å². The van der Waals surface area contributed by atoms with Crippen LogP contribution in [0, 0.1) is 0 Å². The molecule has 1 aromatic carbocycles. The lowest BCUT2D eigenvalue weighted by Crippen LogP contribution is -2.25. The van der Waals surface area contributed by atoms with Crippen LogP contribution >= 0.6 is 11.3 Å². The maximum absolute atomic E-state index is 13.3. The van der Waals surface area contributed by atoms with Crippen LogP contribution in [0.15, 0.2) is 46.4 Å². The summed E-state index contributed by atoms with van der Waals surface area (Å²) in [5.74, 6) is -0.515. The van der Waals surface area contributed by atoms with Gasteiger partial charge in [-0.1, -0.05) is 28.6 Å². The minimum Gasteiger partial charge on any atom is -0.389 e. The van der Waals surface area contributed by atoms with E-state index in [1.165, 1.54) is 23.5 Å². The summed E-state index contributed by atoms with van der Waals surface area (Å²) < 4.78 is 30.4. The molecule has 3 heterocycles. The topological polar surface area (TPSA) is 123 Å². The first-order valence-corrected chi connectivity index (χ1v) is 14.0. The minimum atomic E-state index is -3.33. The molecule has 1 amide bonds. The van der Waals surface area contributed by atoms with E-state index in [9.17, 15) is 13.2 Å². The highest BCUT2D eigenvalue weighted by Gasteiger charge is 2.36. The van der Waals surface area contributed by atoms with E-state index in [-0.39, 0.29) is 22.0 Å². The number of aromatic nitrogens is 2. The molecule has 1 N–H and O–H groups in total. The number of hydrogen-bond acceptors (Lipinski definition) is 10. The van der Waals surface area contributed by atoms with Gasteiger partial charge in [-0.25, -0.2) is 18.4 Å². The first-order valence-electron chi connectivity index (χ1n) is 11.7. The van der Waals surface area contributed by atoms with Crippen LogP contribution in [-0.2, 0) is 30.8 Å². The standard InChI is InChI=1S/C24H27N5O5S2/c1-29(2)13-16-5-10-20-23(25-16)35-24(26-20)27-22(30)21(28-34-17-11-12-33-14-17)15-3-6-18(7-4-15)36(31,32)19-8-9-19/h3-7,10,17,19H,8-9,11-14H2,1-2H3,(H,26,27,30)/b28-21+/t17-/m1/s1. The molecule has 190 valence electrons. The monoisotopic (exact) mass is 529 g/mol. The lowest BCUT2D eigenvalue weighted by Gasteiger charge is -2.10. The summed E-state index contributed by atoms with van der Waals surface area (Å²) in [6.45, 7) is 1.67. The number of sulfone groups is 1. The fourth-order valence-corrected chi connectivity index (χ4v) is 6.31. The van der Waals surface area contributed by atoms with Gasteiger partial charge in [-0.2, -0.15) is 0 Å². The van der Waals surface area contributed by atoms with Gasteiger partial charge >= 0.3 is 0 Å². The Bertz CT molecular complexity index is 1390. The molecular weight excluding hydrogens is 502 g/mol. The highest BCUT2D eigenvalue weighted by atomic mass is 32.2. The van der Waals surface area contributed by atoms with Crippen molar-refractivity contribution in [3.63, 3.8) is 0 Å². The summed E-state index contributed by atoms with van der Waals surface area (Å²) in [4.78, 5) is 30.9. The average molecular weight is 530 g/mol. The predicted molar refractivity (Wildman–Crippen MR) is 137 cm³/mol. The van der Waals surface area contributed by atoms with Crippen LogP contribution in [0.25, 0.3) is 10.3 Å². The number of rotatable bonds is 9. The molecule has 12 heteroatoms. The van der Waals surface area contributed by atoms with Crippen LogP contribution in [-0.4, -0.2) is 73.6 Å². The molecule has 36 heavy (non-hydrogen) atoms. The maximum Gasteiger partial charge on any atom is 0.280 e. The van der Waals surface area contributed by atoms with Crippen LogP contribution in [0.4, 0.5) is 5.13 Å². The molecule has 1 saturated carbocycles. The molecule has 1 aliphatic heterocycles. The van der Waals surface area contributed by atoms with Crippen LogP contribution in [0.2, 0.25) is 0 Å². The molecule has 2 aliphatic rings. The molecular formula is C24H27N5O5S2. The van der Waals surface area contributed by atoms with Crippen molar-refractivity contribution >= 4 is 48.3 Å². The lowest BCUT2D eigenvalue weighted by molar-refractivity contribution is -0.110. The Morgan fingerprint density at radius 1 is 1.17 bits per heavy atom. The smallest absolute Gasteiger partial charge is 0.280 e. The van der Waals surface area contributed by atoms with Gasteiger partial charge in [0, 0.05) is 18.5 Å². The molecule has 0 bridgehead atoms. The summed E-state index contributed by atoms with van der Waals surface area (Å²) >= 11 is 1.27. The van der Waals surface area contributed by atoms with Gasteiger partial charge in [0.25, 0.3) is 5.91 Å². The van der Waals surface area contributed by atoms with Gasteiger partial charge in [0.15, 0.2) is 26.8 Å². The number of carbonyl (C=O) groups is 1. The number of ether oxygens (including phenoxy) is 1. The number of amides is 1. The Morgan fingerprint density at radius 3 is 2.61 bits per heavy atom. The summed E-state index contributed by atoms with van der Waals surface area (Å²) in [6, 6.07) is 9.97. The van der Waals surface area contributed by atoms with Gasteiger partial charge in [0.2, 0.25) is 0 Å². The van der Waals surface area contributed by atoms with E-state index in [4.69, 9.17) is 9.57 Å². The van der Waals surface area contributed by atoms with E-state index in [0.717, 1.165) is 10.5 Å². The normalized spacial score (nSPS) is 18.6. The highest BCUT2D eigenvalue weighted by molar-refractivity contribution is 7.92. The first-order chi connectivity index (χ1) is 17.3. The van der Waals surface area contributed by atoms with Crippen molar-refractivity contribution in [1.29, 1.82) is 0 Å². The number of anilines is 1. The van der Waals surface area contributed by atoms with Crippen molar-refractivity contribution < 1.29 is 22.8 Å². The molecule has 2 fully saturated rings. The van der Waals surface area contributed by atoms with Gasteiger partial charge < -0.3 is 14.5 Å². The zero-order chi connectivity index (χ0) is 25.3. The number of nitrogens with one attached hydrogen (secondary N) is 1. The Labute approximate surface area is 213 Å². The van der Waals surface area contributed by atoms with Crippen molar-refractivity contribution in [2.75, 3.05) is 32.6 Å². The Kier molecular flexibility index (Phi) is 7.02. The third-order valence-electron chi connectivity index (χ3n) is 5.83.